The third-order valence-corrected chi connectivity index (χ3v) is 4.18. The summed E-state index contributed by atoms with van der Waals surface area (Å²) in [6.07, 6.45) is 3.04. The molecule has 3 aromatic heterocycles. The lowest BCUT2D eigenvalue weighted by Gasteiger charge is -2.14. The van der Waals surface area contributed by atoms with E-state index >= 15 is 0 Å². The molecule has 3 aromatic rings. The number of rotatable bonds is 2. The number of carbonyl (C=O) groups excluding carboxylic acids is 3. The van der Waals surface area contributed by atoms with Crippen LogP contribution in [0.4, 0.5) is 5.69 Å². The van der Waals surface area contributed by atoms with E-state index < -0.39 is 17.5 Å². The van der Waals surface area contributed by atoms with Gasteiger partial charge in [-0.05, 0) is 31.2 Å². The zero-order chi connectivity index (χ0) is 17.7. The summed E-state index contributed by atoms with van der Waals surface area (Å²) in [5, 5.41) is 0. The fraction of sp³-hybridized carbons (Fsp3) is 0.111. The van der Waals surface area contributed by atoms with Gasteiger partial charge in [-0.2, -0.15) is 0 Å². The van der Waals surface area contributed by atoms with Crippen molar-refractivity contribution < 1.29 is 19.1 Å². The van der Waals surface area contributed by atoms with E-state index in [1.807, 2.05) is 0 Å². The molecule has 124 valence electrons. The Kier molecular flexibility index (Phi) is 3.18. The van der Waals surface area contributed by atoms with Gasteiger partial charge < -0.3 is 14.9 Å². The topological polar surface area (TPSA) is 104 Å². The molecule has 2 N–H and O–H groups in total. The van der Waals surface area contributed by atoms with Crippen LogP contribution in [0.15, 0.2) is 36.7 Å². The quantitative estimate of drug-likeness (QED) is 0.561. The first kappa shape index (κ1) is 15.1. The molecule has 1 aliphatic rings. The molecule has 0 aliphatic heterocycles. The molecule has 0 bridgehead atoms. The van der Waals surface area contributed by atoms with Crippen LogP contribution in [0.3, 0.4) is 0 Å². The molecule has 0 radical (unpaired) electrons. The molecular weight excluding hydrogens is 322 g/mol. The molecular formula is C18H13N3O4. The van der Waals surface area contributed by atoms with Crippen molar-refractivity contribution in [1.29, 1.82) is 0 Å². The molecule has 3 heterocycles. The number of hydrogen-bond donors (Lipinski definition) is 1. The van der Waals surface area contributed by atoms with E-state index in [2.05, 4.69) is 4.98 Å². The molecule has 0 saturated heterocycles. The van der Waals surface area contributed by atoms with Crippen molar-refractivity contribution in [2.45, 2.75) is 6.92 Å². The number of esters is 1. The minimum Gasteiger partial charge on any atom is -0.462 e. The highest BCUT2D eigenvalue weighted by Gasteiger charge is 2.39. The monoisotopic (exact) mass is 335 g/mol. The Labute approximate surface area is 142 Å². The highest BCUT2D eigenvalue weighted by molar-refractivity contribution is 6.31. The van der Waals surface area contributed by atoms with Crippen LogP contribution < -0.4 is 5.73 Å². The molecule has 0 unspecified atom stereocenters. The van der Waals surface area contributed by atoms with Gasteiger partial charge in [0.15, 0.2) is 5.78 Å². The second-order valence-corrected chi connectivity index (χ2v) is 5.56. The number of anilines is 1. The lowest BCUT2D eigenvalue weighted by Crippen LogP contribution is -2.24. The molecule has 0 spiro atoms. The Hall–Kier alpha value is -3.48. The maximum absolute atomic E-state index is 13.0. The molecule has 1 aliphatic carbocycles. The van der Waals surface area contributed by atoms with Crippen molar-refractivity contribution in [2.75, 3.05) is 12.3 Å². The van der Waals surface area contributed by atoms with Gasteiger partial charge in [0.05, 0.1) is 34.5 Å². The molecule has 0 atom stereocenters. The highest BCUT2D eigenvalue weighted by Crippen LogP contribution is 2.35. The van der Waals surface area contributed by atoms with Crippen molar-refractivity contribution in [3.63, 3.8) is 0 Å². The summed E-state index contributed by atoms with van der Waals surface area (Å²) >= 11 is 0. The van der Waals surface area contributed by atoms with Crippen molar-refractivity contribution in [1.82, 2.24) is 9.38 Å². The second kappa shape index (κ2) is 5.27. The van der Waals surface area contributed by atoms with E-state index in [1.165, 1.54) is 16.7 Å². The summed E-state index contributed by atoms with van der Waals surface area (Å²) in [6, 6.07) is 6.34. The fourth-order valence-electron chi connectivity index (χ4n) is 3.20. The van der Waals surface area contributed by atoms with Crippen molar-refractivity contribution in [3.05, 3.63) is 64.7 Å². The van der Waals surface area contributed by atoms with E-state index in [1.54, 1.807) is 31.3 Å². The van der Waals surface area contributed by atoms with Gasteiger partial charge in [0.2, 0.25) is 5.78 Å². The molecule has 0 fully saturated rings. The van der Waals surface area contributed by atoms with Crippen LogP contribution in [-0.4, -0.2) is 33.5 Å². The number of carbonyl (C=O) groups is 3. The second-order valence-electron chi connectivity index (χ2n) is 5.56. The summed E-state index contributed by atoms with van der Waals surface area (Å²) in [7, 11) is 0. The van der Waals surface area contributed by atoms with Gasteiger partial charge >= 0.3 is 5.97 Å². The molecule has 0 saturated carbocycles. The lowest BCUT2D eigenvalue weighted by molar-refractivity contribution is 0.0526. The van der Waals surface area contributed by atoms with E-state index in [-0.39, 0.29) is 40.4 Å². The molecule has 25 heavy (non-hydrogen) atoms. The summed E-state index contributed by atoms with van der Waals surface area (Å²) in [5.74, 6) is -1.56. The highest BCUT2D eigenvalue weighted by atomic mass is 16.5. The number of pyridine rings is 2. The number of aromatic nitrogens is 2. The van der Waals surface area contributed by atoms with Crippen LogP contribution in [0.5, 0.6) is 0 Å². The van der Waals surface area contributed by atoms with Crippen molar-refractivity contribution in [2.24, 2.45) is 0 Å². The molecule has 0 amide bonds. The van der Waals surface area contributed by atoms with E-state index in [0.29, 0.717) is 5.52 Å². The minimum absolute atomic E-state index is 0.0156. The van der Waals surface area contributed by atoms with Crippen LogP contribution in [0.25, 0.3) is 5.52 Å². The van der Waals surface area contributed by atoms with Gasteiger partial charge in [-0.3, -0.25) is 14.6 Å². The summed E-state index contributed by atoms with van der Waals surface area (Å²) in [4.78, 5) is 42.5. The Balaban J connectivity index is 2.15. The number of ether oxygens (including phenoxy) is 1. The summed E-state index contributed by atoms with van der Waals surface area (Å²) in [6.45, 7) is 1.80. The van der Waals surface area contributed by atoms with Gasteiger partial charge in [-0.1, -0.05) is 0 Å². The summed E-state index contributed by atoms with van der Waals surface area (Å²) in [5.41, 5.74) is 6.95. The Morgan fingerprint density at radius 3 is 2.80 bits per heavy atom. The number of ketones is 2. The maximum Gasteiger partial charge on any atom is 0.341 e. The first-order chi connectivity index (χ1) is 12.1. The van der Waals surface area contributed by atoms with Crippen molar-refractivity contribution >= 4 is 28.7 Å². The van der Waals surface area contributed by atoms with Gasteiger partial charge in [0, 0.05) is 12.4 Å². The van der Waals surface area contributed by atoms with E-state index in [0.717, 1.165) is 0 Å². The van der Waals surface area contributed by atoms with E-state index in [9.17, 15) is 14.4 Å². The molecule has 0 aromatic carbocycles. The number of nitrogens with two attached hydrogens (primary N) is 1. The first-order valence-electron chi connectivity index (χ1n) is 7.70. The Morgan fingerprint density at radius 2 is 2.04 bits per heavy atom. The number of nitrogen functional groups attached to an aromatic ring is 1. The minimum atomic E-state index is -0.687. The third-order valence-electron chi connectivity index (χ3n) is 4.18. The smallest absolute Gasteiger partial charge is 0.341 e. The van der Waals surface area contributed by atoms with Crippen LogP contribution >= 0.6 is 0 Å². The van der Waals surface area contributed by atoms with Crippen LogP contribution in [0.2, 0.25) is 0 Å². The molecule has 4 rings (SSSR count). The number of fused-ring (bicyclic) bond motifs is 4. The van der Waals surface area contributed by atoms with Gasteiger partial charge in [0.1, 0.15) is 11.4 Å². The SMILES string of the molecule is CCOC(=O)c1c2c(n3cccc(N)c13)C(=O)c1ncccc1C2=O. The molecule has 7 nitrogen and oxygen atoms in total. The Morgan fingerprint density at radius 1 is 1.24 bits per heavy atom. The first-order valence-corrected chi connectivity index (χ1v) is 7.70. The predicted molar refractivity (Wildman–Crippen MR) is 88.9 cm³/mol. The lowest BCUT2D eigenvalue weighted by atomic mass is 9.89. The maximum atomic E-state index is 13.0. The largest absolute Gasteiger partial charge is 0.462 e. The third kappa shape index (κ3) is 1.92. The normalized spacial score (nSPS) is 12.8. The predicted octanol–water partition coefficient (Wildman–Crippen LogP) is 1.87. The average Bonchev–Trinajstić information content (AvgIpc) is 2.97. The van der Waals surface area contributed by atoms with Gasteiger partial charge in [-0.25, -0.2) is 4.79 Å². The van der Waals surface area contributed by atoms with Crippen LogP contribution in [0, 0.1) is 0 Å². The van der Waals surface area contributed by atoms with Crippen LogP contribution in [-0.2, 0) is 4.74 Å². The number of nitrogens with zero attached hydrogens (tertiary/aromatic N) is 2. The molecule has 7 heteroatoms. The number of hydrogen-bond acceptors (Lipinski definition) is 6. The van der Waals surface area contributed by atoms with Gasteiger partial charge in [-0.15, -0.1) is 0 Å². The zero-order valence-corrected chi connectivity index (χ0v) is 13.3. The van der Waals surface area contributed by atoms with Gasteiger partial charge in [0.25, 0.3) is 0 Å². The van der Waals surface area contributed by atoms with Crippen LogP contribution in [0.1, 0.15) is 49.4 Å². The van der Waals surface area contributed by atoms with E-state index in [4.69, 9.17) is 10.5 Å². The summed E-state index contributed by atoms with van der Waals surface area (Å²) < 4.78 is 6.57. The Bertz CT molecular complexity index is 1080. The standard InChI is InChI=1S/C18H13N3O4/c1-2-25-18(24)12-11-15(21-8-4-6-10(19)14(12)21)17(23)13-9(16(11)22)5-3-7-20-13/h3-8H,2,19H2,1H3. The van der Waals surface area contributed by atoms with Crippen molar-refractivity contribution in [3.8, 4) is 0 Å². The zero-order valence-electron chi connectivity index (χ0n) is 13.3. The fourth-order valence-corrected chi connectivity index (χ4v) is 3.20. The average molecular weight is 335 g/mol.